The second-order valence-electron chi connectivity index (χ2n) is 6.64. The van der Waals surface area contributed by atoms with Crippen molar-refractivity contribution < 1.29 is 19.1 Å². The van der Waals surface area contributed by atoms with Crippen LogP contribution in [-0.4, -0.2) is 23.9 Å². The molecular weight excluding hydrogens is 364 g/mol. The van der Waals surface area contributed by atoms with Crippen LogP contribution in [-0.2, 0) is 33.6 Å². The van der Waals surface area contributed by atoms with E-state index in [4.69, 9.17) is 10.5 Å². The number of hydrogen-bond donors (Lipinski definition) is 2. The number of hydrogen-bond acceptors (Lipinski definition) is 5. The highest BCUT2D eigenvalue weighted by Gasteiger charge is 2.21. The fraction of sp³-hybridized carbons (Fsp3) is 0.350. The summed E-state index contributed by atoms with van der Waals surface area (Å²) in [5.74, 6) is -1.59. The Bertz CT molecular complexity index is 875. The maximum atomic E-state index is 12.2. The maximum Gasteiger partial charge on any atom is 0.311 e. The first-order valence-corrected chi connectivity index (χ1v) is 9.80. The topological polar surface area (TPSA) is 98.5 Å². The predicted molar refractivity (Wildman–Crippen MR) is 104 cm³/mol. The third kappa shape index (κ3) is 4.74. The van der Waals surface area contributed by atoms with E-state index in [0.29, 0.717) is 5.00 Å². The summed E-state index contributed by atoms with van der Waals surface area (Å²) in [5.41, 5.74) is 9.04. The normalized spacial score (nSPS) is 14.1. The molecule has 1 atom stereocenters. The standard InChI is InChI=1S/C20H22N2O4S/c1-12(19(25)22-20-16(18(21)24)8-9-27-20)26-17(23)11-13-6-7-14-4-2-3-5-15(14)10-13/h6-10,12H,2-5,11H2,1H3,(H2,21,24)(H,22,25)/t12-/m1/s1. The van der Waals surface area contributed by atoms with Gasteiger partial charge in [0.05, 0.1) is 12.0 Å². The third-order valence-corrected chi connectivity index (χ3v) is 5.44. The molecule has 27 heavy (non-hydrogen) atoms. The number of aryl methyl sites for hydroxylation is 2. The van der Waals surface area contributed by atoms with Gasteiger partial charge in [-0.1, -0.05) is 18.2 Å². The van der Waals surface area contributed by atoms with Crippen molar-refractivity contribution in [2.24, 2.45) is 5.73 Å². The van der Waals surface area contributed by atoms with Gasteiger partial charge in [0.25, 0.3) is 11.8 Å². The molecule has 0 saturated heterocycles. The molecule has 2 amide bonds. The Morgan fingerprint density at radius 2 is 1.93 bits per heavy atom. The molecule has 0 saturated carbocycles. The van der Waals surface area contributed by atoms with Gasteiger partial charge in [-0.15, -0.1) is 11.3 Å². The zero-order chi connectivity index (χ0) is 19.4. The van der Waals surface area contributed by atoms with Gasteiger partial charge in [0.2, 0.25) is 0 Å². The van der Waals surface area contributed by atoms with Crippen LogP contribution >= 0.6 is 11.3 Å². The molecule has 0 fully saturated rings. The molecule has 0 unspecified atom stereocenters. The van der Waals surface area contributed by atoms with Crippen LogP contribution in [0.1, 0.15) is 46.8 Å². The van der Waals surface area contributed by atoms with Crippen molar-refractivity contribution in [3.8, 4) is 0 Å². The maximum absolute atomic E-state index is 12.2. The van der Waals surface area contributed by atoms with Gasteiger partial charge >= 0.3 is 5.97 Å². The number of benzene rings is 1. The number of amides is 2. The van der Waals surface area contributed by atoms with E-state index in [1.807, 2.05) is 6.07 Å². The molecule has 7 heteroatoms. The van der Waals surface area contributed by atoms with Crippen LogP contribution in [0.15, 0.2) is 29.6 Å². The molecule has 0 bridgehead atoms. The average molecular weight is 386 g/mol. The van der Waals surface area contributed by atoms with E-state index in [1.54, 1.807) is 5.38 Å². The zero-order valence-electron chi connectivity index (χ0n) is 15.1. The molecule has 1 aliphatic carbocycles. The summed E-state index contributed by atoms with van der Waals surface area (Å²) >= 11 is 1.18. The quantitative estimate of drug-likeness (QED) is 0.746. The highest BCUT2D eigenvalue weighted by Crippen LogP contribution is 2.24. The van der Waals surface area contributed by atoms with E-state index in [0.717, 1.165) is 18.4 Å². The molecule has 0 aliphatic heterocycles. The van der Waals surface area contributed by atoms with Gasteiger partial charge in [-0.05, 0) is 60.7 Å². The van der Waals surface area contributed by atoms with Crippen LogP contribution in [0.5, 0.6) is 0 Å². The lowest BCUT2D eigenvalue weighted by Crippen LogP contribution is -2.31. The zero-order valence-corrected chi connectivity index (χ0v) is 15.9. The van der Waals surface area contributed by atoms with Crippen molar-refractivity contribution >= 4 is 34.1 Å². The minimum Gasteiger partial charge on any atom is -0.452 e. The lowest BCUT2D eigenvalue weighted by Gasteiger charge is -2.17. The summed E-state index contributed by atoms with van der Waals surface area (Å²) in [6, 6.07) is 7.62. The molecule has 6 nitrogen and oxygen atoms in total. The minimum atomic E-state index is -0.974. The molecule has 3 rings (SSSR count). The highest BCUT2D eigenvalue weighted by atomic mass is 32.1. The number of esters is 1. The Morgan fingerprint density at radius 1 is 1.19 bits per heavy atom. The predicted octanol–water partition coefficient (Wildman–Crippen LogP) is 2.84. The number of nitrogens with two attached hydrogens (primary N) is 1. The Hall–Kier alpha value is -2.67. The Kier molecular flexibility index (Phi) is 5.91. The first-order chi connectivity index (χ1) is 12.9. The van der Waals surface area contributed by atoms with E-state index >= 15 is 0 Å². The van der Waals surface area contributed by atoms with Gasteiger partial charge in [0.1, 0.15) is 5.00 Å². The second kappa shape index (κ2) is 8.35. The molecule has 0 radical (unpaired) electrons. The Morgan fingerprint density at radius 3 is 2.67 bits per heavy atom. The van der Waals surface area contributed by atoms with Gasteiger partial charge in [-0.2, -0.15) is 0 Å². The van der Waals surface area contributed by atoms with Crippen molar-refractivity contribution in [2.75, 3.05) is 5.32 Å². The Labute approximate surface area is 161 Å². The number of fused-ring (bicyclic) bond motifs is 1. The number of anilines is 1. The van der Waals surface area contributed by atoms with Crippen molar-refractivity contribution in [1.82, 2.24) is 0 Å². The van der Waals surface area contributed by atoms with Crippen molar-refractivity contribution in [2.45, 2.75) is 45.1 Å². The summed E-state index contributed by atoms with van der Waals surface area (Å²) in [7, 11) is 0. The van der Waals surface area contributed by atoms with Gasteiger partial charge in [-0.25, -0.2) is 0 Å². The number of carbonyl (C=O) groups is 3. The SMILES string of the molecule is C[C@@H](OC(=O)Cc1ccc2c(c1)CCCC2)C(=O)Nc1sccc1C(N)=O. The lowest BCUT2D eigenvalue weighted by atomic mass is 9.90. The van der Waals surface area contributed by atoms with Crippen molar-refractivity contribution in [3.05, 3.63) is 51.9 Å². The van der Waals surface area contributed by atoms with Crippen LogP contribution in [0.4, 0.5) is 5.00 Å². The molecule has 0 spiro atoms. The number of primary amides is 1. The fourth-order valence-electron chi connectivity index (χ4n) is 3.17. The largest absolute Gasteiger partial charge is 0.452 e. The number of thiophene rings is 1. The van der Waals surface area contributed by atoms with E-state index in [9.17, 15) is 14.4 Å². The van der Waals surface area contributed by atoms with Crippen LogP contribution < -0.4 is 11.1 Å². The summed E-state index contributed by atoms with van der Waals surface area (Å²) in [4.78, 5) is 35.7. The summed E-state index contributed by atoms with van der Waals surface area (Å²) < 4.78 is 5.25. The fourth-order valence-corrected chi connectivity index (χ4v) is 3.96. The summed E-state index contributed by atoms with van der Waals surface area (Å²) in [6.07, 6.45) is 3.67. The number of carbonyl (C=O) groups excluding carboxylic acids is 3. The number of nitrogens with one attached hydrogen (secondary N) is 1. The lowest BCUT2D eigenvalue weighted by molar-refractivity contribution is -0.152. The van der Waals surface area contributed by atoms with Gasteiger partial charge in [0.15, 0.2) is 6.10 Å². The van der Waals surface area contributed by atoms with Gasteiger partial charge < -0.3 is 15.8 Å². The molecule has 3 N–H and O–H groups in total. The first kappa shape index (κ1) is 19.1. The van der Waals surface area contributed by atoms with Crippen LogP contribution in [0.25, 0.3) is 0 Å². The molecule has 1 heterocycles. The Balaban J connectivity index is 1.56. The summed E-state index contributed by atoms with van der Waals surface area (Å²) in [6.45, 7) is 1.50. The average Bonchev–Trinajstić information content (AvgIpc) is 3.09. The minimum absolute atomic E-state index is 0.121. The van der Waals surface area contributed by atoms with E-state index in [1.165, 1.54) is 48.3 Å². The van der Waals surface area contributed by atoms with E-state index in [2.05, 4.69) is 17.4 Å². The third-order valence-electron chi connectivity index (χ3n) is 4.61. The van der Waals surface area contributed by atoms with Crippen molar-refractivity contribution in [3.63, 3.8) is 0 Å². The van der Waals surface area contributed by atoms with E-state index < -0.39 is 23.9 Å². The molecule has 1 aromatic heterocycles. The van der Waals surface area contributed by atoms with Gasteiger partial charge in [0, 0.05) is 0 Å². The van der Waals surface area contributed by atoms with Crippen LogP contribution in [0.3, 0.4) is 0 Å². The second-order valence-corrected chi connectivity index (χ2v) is 7.55. The monoisotopic (exact) mass is 386 g/mol. The first-order valence-electron chi connectivity index (χ1n) is 8.92. The molecule has 1 aromatic carbocycles. The molecular formula is C20H22N2O4S. The number of ether oxygens (including phenoxy) is 1. The van der Waals surface area contributed by atoms with Crippen LogP contribution in [0, 0.1) is 0 Å². The van der Waals surface area contributed by atoms with Crippen LogP contribution in [0.2, 0.25) is 0 Å². The smallest absolute Gasteiger partial charge is 0.311 e. The molecule has 142 valence electrons. The molecule has 2 aromatic rings. The highest BCUT2D eigenvalue weighted by molar-refractivity contribution is 7.14. The van der Waals surface area contributed by atoms with Gasteiger partial charge in [-0.3, -0.25) is 14.4 Å². The summed E-state index contributed by atoms with van der Waals surface area (Å²) in [5, 5.41) is 4.59. The molecule has 1 aliphatic rings. The number of rotatable bonds is 6. The van der Waals surface area contributed by atoms with E-state index in [-0.39, 0.29) is 12.0 Å². The van der Waals surface area contributed by atoms with Crippen molar-refractivity contribution in [1.29, 1.82) is 0 Å².